The third-order valence-corrected chi connectivity index (χ3v) is 2.91. The van der Waals surface area contributed by atoms with E-state index in [0.717, 1.165) is 13.0 Å². The number of aliphatic hydroxyl groups is 1. The Labute approximate surface area is 95.3 Å². The molecule has 1 heterocycles. The number of methoxy groups -OCH3 is 1. The average Bonchev–Trinajstić information content (AvgIpc) is 2.74. The van der Waals surface area contributed by atoms with Crippen molar-refractivity contribution < 1.29 is 9.84 Å². The van der Waals surface area contributed by atoms with E-state index in [9.17, 15) is 0 Å². The van der Waals surface area contributed by atoms with Crippen LogP contribution >= 0.6 is 0 Å². The van der Waals surface area contributed by atoms with Gasteiger partial charge in [0.1, 0.15) is 0 Å². The van der Waals surface area contributed by atoms with E-state index in [-0.39, 0.29) is 12.7 Å². The molecule has 0 saturated heterocycles. The zero-order chi connectivity index (χ0) is 11.4. The van der Waals surface area contributed by atoms with Crippen molar-refractivity contribution in [2.75, 3.05) is 13.7 Å². The Morgan fingerprint density at radius 3 is 2.88 bits per heavy atom. The van der Waals surface area contributed by atoms with Gasteiger partial charge in [0.2, 0.25) is 0 Å². The smallest absolute Gasteiger partial charge is 0.0818 e. The number of hydrogen-bond acceptors (Lipinski definition) is 2. The molecule has 1 unspecified atom stereocenters. The third-order valence-electron chi connectivity index (χ3n) is 2.91. The number of para-hydroxylation sites is 1. The van der Waals surface area contributed by atoms with E-state index in [2.05, 4.69) is 29.0 Å². The van der Waals surface area contributed by atoms with E-state index in [1.807, 2.05) is 12.1 Å². The zero-order valence-corrected chi connectivity index (χ0v) is 9.47. The van der Waals surface area contributed by atoms with Crippen LogP contribution in [0.15, 0.2) is 36.5 Å². The number of fused-ring (bicyclic) bond motifs is 1. The van der Waals surface area contributed by atoms with E-state index < -0.39 is 0 Å². The number of ether oxygens (including phenoxy) is 1. The number of nitrogens with zero attached hydrogens (tertiary/aromatic N) is 1. The molecule has 1 atom stereocenters. The van der Waals surface area contributed by atoms with Gasteiger partial charge >= 0.3 is 0 Å². The van der Waals surface area contributed by atoms with Crippen LogP contribution in [0.4, 0.5) is 0 Å². The number of aliphatic hydroxyl groups excluding tert-OH is 1. The Hall–Kier alpha value is -1.32. The topological polar surface area (TPSA) is 34.4 Å². The maximum atomic E-state index is 9.03. The van der Waals surface area contributed by atoms with Crippen molar-refractivity contribution in [1.82, 2.24) is 4.57 Å². The molecule has 0 spiro atoms. The van der Waals surface area contributed by atoms with Crippen molar-refractivity contribution in [3.63, 3.8) is 0 Å². The molecule has 2 aromatic rings. The van der Waals surface area contributed by atoms with Crippen molar-refractivity contribution in [2.45, 2.75) is 19.1 Å². The summed E-state index contributed by atoms with van der Waals surface area (Å²) >= 11 is 0. The highest BCUT2D eigenvalue weighted by Gasteiger charge is 2.06. The van der Waals surface area contributed by atoms with Gasteiger partial charge in [-0.15, -0.1) is 0 Å². The van der Waals surface area contributed by atoms with Crippen molar-refractivity contribution in [3.05, 3.63) is 36.5 Å². The van der Waals surface area contributed by atoms with Crippen LogP contribution in [0.5, 0.6) is 0 Å². The van der Waals surface area contributed by atoms with Crippen LogP contribution in [0.2, 0.25) is 0 Å². The fraction of sp³-hybridized carbons (Fsp3) is 0.385. The summed E-state index contributed by atoms with van der Waals surface area (Å²) in [6.07, 6.45) is 2.83. The standard InChI is InChI=1S/C13H17NO2/c1-16-12(10-15)7-9-14-8-6-11-4-2-3-5-13(11)14/h2-6,8,12,15H,7,9-10H2,1H3. The van der Waals surface area contributed by atoms with Gasteiger partial charge in [-0.2, -0.15) is 0 Å². The molecule has 0 bridgehead atoms. The zero-order valence-electron chi connectivity index (χ0n) is 9.47. The minimum absolute atomic E-state index is 0.0684. The molecule has 1 N–H and O–H groups in total. The van der Waals surface area contributed by atoms with Crippen LogP contribution in [0, 0.1) is 0 Å². The highest BCUT2D eigenvalue weighted by molar-refractivity contribution is 5.79. The molecular weight excluding hydrogens is 202 g/mol. The third kappa shape index (κ3) is 2.26. The monoisotopic (exact) mass is 219 g/mol. The first-order chi connectivity index (χ1) is 7.85. The lowest BCUT2D eigenvalue weighted by molar-refractivity contribution is 0.0406. The molecule has 2 rings (SSSR count). The Balaban J connectivity index is 2.09. The fourth-order valence-electron chi connectivity index (χ4n) is 1.90. The Morgan fingerprint density at radius 1 is 1.31 bits per heavy atom. The molecule has 0 aliphatic heterocycles. The van der Waals surface area contributed by atoms with Gasteiger partial charge < -0.3 is 14.4 Å². The van der Waals surface area contributed by atoms with Gasteiger partial charge in [0, 0.05) is 25.4 Å². The normalized spacial score (nSPS) is 13.1. The largest absolute Gasteiger partial charge is 0.394 e. The molecule has 0 fully saturated rings. The van der Waals surface area contributed by atoms with Crippen molar-refractivity contribution in [1.29, 1.82) is 0 Å². The predicted octanol–water partition coefficient (Wildman–Crippen LogP) is 2.04. The van der Waals surface area contributed by atoms with E-state index >= 15 is 0 Å². The summed E-state index contributed by atoms with van der Waals surface area (Å²) in [6, 6.07) is 10.4. The first kappa shape index (κ1) is 11.2. The Bertz CT molecular complexity index is 446. The van der Waals surface area contributed by atoms with Crippen molar-refractivity contribution in [2.24, 2.45) is 0 Å². The number of hydrogen-bond donors (Lipinski definition) is 1. The van der Waals surface area contributed by atoms with Crippen LogP contribution < -0.4 is 0 Å². The molecule has 86 valence electrons. The number of aryl methyl sites for hydroxylation is 1. The molecule has 16 heavy (non-hydrogen) atoms. The number of rotatable bonds is 5. The molecule has 1 aromatic heterocycles. The van der Waals surface area contributed by atoms with Gasteiger partial charge in [-0.1, -0.05) is 18.2 Å². The second kappa shape index (κ2) is 5.14. The maximum absolute atomic E-state index is 9.03. The molecular formula is C13H17NO2. The molecule has 3 heteroatoms. The van der Waals surface area contributed by atoms with Crippen molar-refractivity contribution >= 4 is 10.9 Å². The fourth-order valence-corrected chi connectivity index (χ4v) is 1.90. The lowest BCUT2D eigenvalue weighted by Gasteiger charge is -2.13. The van der Waals surface area contributed by atoms with Gasteiger partial charge in [0.05, 0.1) is 12.7 Å². The van der Waals surface area contributed by atoms with Crippen LogP contribution in [0.25, 0.3) is 10.9 Å². The van der Waals surface area contributed by atoms with Crippen LogP contribution in [0.1, 0.15) is 6.42 Å². The average molecular weight is 219 g/mol. The molecule has 3 nitrogen and oxygen atoms in total. The van der Waals surface area contributed by atoms with E-state index in [4.69, 9.17) is 9.84 Å². The Kier molecular flexibility index (Phi) is 3.59. The number of benzene rings is 1. The highest BCUT2D eigenvalue weighted by Crippen LogP contribution is 2.15. The Morgan fingerprint density at radius 2 is 2.12 bits per heavy atom. The van der Waals surface area contributed by atoms with Gasteiger partial charge in [-0.3, -0.25) is 0 Å². The van der Waals surface area contributed by atoms with Gasteiger partial charge in [-0.25, -0.2) is 0 Å². The lowest BCUT2D eigenvalue weighted by Crippen LogP contribution is -2.17. The summed E-state index contributed by atoms with van der Waals surface area (Å²) < 4.78 is 7.34. The van der Waals surface area contributed by atoms with E-state index in [1.165, 1.54) is 10.9 Å². The summed E-state index contributed by atoms with van der Waals surface area (Å²) in [7, 11) is 1.63. The highest BCUT2D eigenvalue weighted by atomic mass is 16.5. The summed E-state index contributed by atoms with van der Waals surface area (Å²) in [5.41, 5.74) is 1.23. The molecule has 0 saturated carbocycles. The van der Waals surface area contributed by atoms with Crippen LogP contribution in [-0.2, 0) is 11.3 Å². The van der Waals surface area contributed by atoms with Crippen LogP contribution in [-0.4, -0.2) is 29.5 Å². The summed E-state index contributed by atoms with van der Waals surface area (Å²) in [4.78, 5) is 0. The minimum Gasteiger partial charge on any atom is -0.394 e. The molecule has 0 aliphatic rings. The minimum atomic E-state index is -0.0684. The van der Waals surface area contributed by atoms with Gasteiger partial charge in [0.15, 0.2) is 0 Å². The van der Waals surface area contributed by atoms with Gasteiger partial charge in [-0.05, 0) is 23.9 Å². The van der Waals surface area contributed by atoms with Crippen molar-refractivity contribution in [3.8, 4) is 0 Å². The SMILES string of the molecule is COC(CO)CCn1ccc2ccccc21. The lowest BCUT2D eigenvalue weighted by atomic mass is 10.2. The van der Waals surface area contributed by atoms with Gasteiger partial charge in [0.25, 0.3) is 0 Å². The van der Waals surface area contributed by atoms with E-state index in [1.54, 1.807) is 7.11 Å². The van der Waals surface area contributed by atoms with Crippen LogP contribution in [0.3, 0.4) is 0 Å². The first-order valence-electron chi connectivity index (χ1n) is 5.52. The van der Waals surface area contributed by atoms with E-state index in [0.29, 0.717) is 0 Å². The molecule has 1 aromatic carbocycles. The molecule has 0 aliphatic carbocycles. The summed E-state index contributed by atoms with van der Waals surface area (Å²) in [6.45, 7) is 0.947. The second-order valence-corrected chi connectivity index (χ2v) is 3.90. The quantitative estimate of drug-likeness (QED) is 0.835. The first-order valence-corrected chi connectivity index (χ1v) is 5.52. The summed E-state index contributed by atoms with van der Waals surface area (Å²) in [5, 5.41) is 10.3. The number of aromatic nitrogens is 1. The molecule has 0 radical (unpaired) electrons. The second-order valence-electron chi connectivity index (χ2n) is 3.90. The predicted molar refractivity (Wildman–Crippen MR) is 64.4 cm³/mol. The maximum Gasteiger partial charge on any atom is 0.0818 e. The molecule has 0 amide bonds. The summed E-state index contributed by atoms with van der Waals surface area (Å²) in [5.74, 6) is 0.